The number of hydrogen-bond acceptors (Lipinski definition) is 5. The van der Waals surface area contributed by atoms with E-state index in [2.05, 4.69) is 51.9 Å². The molecule has 5 aromatic rings. The smallest absolute Gasteiger partial charge is 0.151 e. The normalized spacial score (nSPS) is 10.9. The van der Waals surface area contributed by atoms with Crippen molar-refractivity contribution in [3.63, 3.8) is 0 Å². The summed E-state index contributed by atoms with van der Waals surface area (Å²) in [4.78, 5) is 9.96. The Morgan fingerprint density at radius 2 is 1.78 bits per heavy atom. The fourth-order valence-corrected chi connectivity index (χ4v) is 4.62. The molecule has 5 rings (SSSR count). The van der Waals surface area contributed by atoms with Crippen molar-refractivity contribution >= 4 is 44.7 Å². The molecule has 0 unspecified atom stereocenters. The predicted molar refractivity (Wildman–Crippen MR) is 133 cm³/mol. The largest absolute Gasteiger partial charge is 0.455 e. The molecule has 0 aliphatic heterocycles. The third kappa shape index (κ3) is 4.17. The molecule has 0 atom stereocenters. The van der Waals surface area contributed by atoms with Crippen LogP contribution in [0.5, 0.6) is 11.5 Å². The second-order valence-electron chi connectivity index (χ2n) is 7.28. The number of benzene rings is 3. The van der Waals surface area contributed by atoms with Gasteiger partial charge in [-0.25, -0.2) is 9.97 Å². The van der Waals surface area contributed by atoms with E-state index in [4.69, 9.17) is 16.3 Å². The van der Waals surface area contributed by atoms with Gasteiger partial charge in [0.25, 0.3) is 0 Å². The molecule has 4 nitrogen and oxygen atoms in total. The lowest BCUT2D eigenvalue weighted by atomic mass is 10.0. The lowest BCUT2D eigenvalue weighted by Gasteiger charge is -2.14. The summed E-state index contributed by atoms with van der Waals surface area (Å²) < 4.78 is 6.11. The summed E-state index contributed by atoms with van der Waals surface area (Å²) in [6.07, 6.45) is 2.59. The van der Waals surface area contributed by atoms with E-state index >= 15 is 0 Å². The molecule has 3 aromatic carbocycles. The number of anilines is 2. The first-order valence-corrected chi connectivity index (χ1v) is 11.6. The number of nitrogens with one attached hydrogen (secondary N) is 1. The Kier molecular flexibility index (Phi) is 5.75. The molecule has 0 amide bonds. The minimum absolute atomic E-state index is 0.610. The first-order chi connectivity index (χ1) is 15.7. The van der Waals surface area contributed by atoms with Gasteiger partial charge in [0.15, 0.2) is 5.75 Å². The lowest BCUT2D eigenvalue weighted by Crippen LogP contribution is -1.98. The van der Waals surface area contributed by atoms with Crippen molar-refractivity contribution in [2.75, 3.05) is 5.32 Å². The van der Waals surface area contributed by atoms with Gasteiger partial charge in [0, 0.05) is 16.0 Å². The second-order valence-corrected chi connectivity index (χ2v) is 8.58. The molecule has 0 saturated heterocycles. The molecular formula is C26H20ClN3OS. The summed E-state index contributed by atoms with van der Waals surface area (Å²) in [6, 6.07) is 23.8. The third-order valence-electron chi connectivity index (χ3n) is 5.21. The maximum atomic E-state index is 6.31. The minimum Gasteiger partial charge on any atom is -0.455 e. The van der Waals surface area contributed by atoms with Crippen LogP contribution >= 0.6 is 22.9 Å². The quantitative estimate of drug-likeness (QED) is 0.279. The highest BCUT2D eigenvalue weighted by Crippen LogP contribution is 2.40. The number of ether oxygens (including phenoxy) is 1. The summed E-state index contributed by atoms with van der Waals surface area (Å²) in [7, 11) is 0. The number of para-hydroxylation sites is 1. The number of halogens is 1. The summed E-state index contributed by atoms with van der Waals surface area (Å²) >= 11 is 7.92. The van der Waals surface area contributed by atoms with Gasteiger partial charge < -0.3 is 10.1 Å². The molecule has 0 spiro atoms. The van der Waals surface area contributed by atoms with Crippen molar-refractivity contribution in [3.8, 4) is 22.6 Å². The molecule has 158 valence electrons. The van der Waals surface area contributed by atoms with Gasteiger partial charge in [0.2, 0.25) is 0 Å². The molecule has 0 aliphatic carbocycles. The van der Waals surface area contributed by atoms with Gasteiger partial charge in [0.1, 0.15) is 22.7 Å². The molecule has 0 radical (unpaired) electrons. The maximum absolute atomic E-state index is 6.31. The lowest BCUT2D eigenvalue weighted by molar-refractivity contribution is 0.485. The molecular weight excluding hydrogens is 438 g/mol. The number of aryl methyl sites for hydroxylation is 1. The van der Waals surface area contributed by atoms with Gasteiger partial charge in [-0.15, -0.1) is 11.3 Å². The van der Waals surface area contributed by atoms with Crippen LogP contribution in [0, 0.1) is 0 Å². The van der Waals surface area contributed by atoms with Crippen molar-refractivity contribution < 1.29 is 4.74 Å². The molecule has 0 fully saturated rings. The zero-order valence-electron chi connectivity index (χ0n) is 17.4. The van der Waals surface area contributed by atoms with Crippen LogP contribution in [0.4, 0.5) is 11.5 Å². The highest BCUT2D eigenvalue weighted by atomic mass is 35.5. The Morgan fingerprint density at radius 1 is 0.969 bits per heavy atom. The van der Waals surface area contributed by atoms with Crippen LogP contribution in [0.2, 0.25) is 5.02 Å². The summed E-state index contributed by atoms with van der Waals surface area (Å²) in [5.41, 5.74) is 4.28. The standard InChI is InChI=1S/C26H20ClN3OS/c1-2-17-8-10-18(11-9-17)21-15-32-26-24(21)25(28-16-29-26)30-22-14-19(27)12-13-23(22)31-20-6-4-3-5-7-20/h3-16H,2H2,1H3,(H,28,29,30). The predicted octanol–water partition coefficient (Wildman–Crippen LogP) is 8.11. The zero-order chi connectivity index (χ0) is 21.9. The van der Waals surface area contributed by atoms with Gasteiger partial charge in [-0.05, 0) is 47.9 Å². The fraction of sp³-hybridized carbons (Fsp3) is 0.0769. The van der Waals surface area contributed by atoms with Gasteiger partial charge in [-0.2, -0.15) is 0 Å². The van der Waals surface area contributed by atoms with Crippen LogP contribution in [0.25, 0.3) is 21.3 Å². The molecule has 32 heavy (non-hydrogen) atoms. The van der Waals surface area contributed by atoms with Crippen LogP contribution in [0.1, 0.15) is 12.5 Å². The molecule has 0 saturated carbocycles. The molecule has 0 aliphatic rings. The number of rotatable bonds is 6. The number of thiophene rings is 1. The molecule has 2 heterocycles. The third-order valence-corrected chi connectivity index (χ3v) is 6.33. The second kappa shape index (κ2) is 8.99. The number of fused-ring (bicyclic) bond motifs is 1. The Morgan fingerprint density at radius 3 is 2.56 bits per heavy atom. The number of aromatic nitrogens is 2. The van der Waals surface area contributed by atoms with Crippen molar-refractivity contribution in [2.45, 2.75) is 13.3 Å². The number of hydrogen-bond donors (Lipinski definition) is 1. The summed E-state index contributed by atoms with van der Waals surface area (Å²) in [5, 5.41) is 7.16. The van der Waals surface area contributed by atoms with Gasteiger partial charge >= 0.3 is 0 Å². The van der Waals surface area contributed by atoms with Crippen molar-refractivity contribution in [1.82, 2.24) is 9.97 Å². The zero-order valence-corrected chi connectivity index (χ0v) is 19.0. The summed E-state index contributed by atoms with van der Waals surface area (Å²) in [6.45, 7) is 2.16. The monoisotopic (exact) mass is 457 g/mol. The SMILES string of the molecule is CCc1ccc(-c2csc3ncnc(Nc4cc(Cl)ccc4Oc4ccccc4)c23)cc1. The molecule has 2 aromatic heterocycles. The number of nitrogens with zero attached hydrogens (tertiary/aromatic N) is 2. The Hall–Kier alpha value is -3.41. The Balaban J connectivity index is 1.56. The average molecular weight is 458 g/mol. The molecule has 6 heteroatoms. The van der Waals surface area contributed by atoms with E-state index in [1.165, 1.54) is 5.56 Å². The van der Waals surface area contributed by atoms with Crippen molar-refractivity contribution in [3.05, 3.63) is 95.1 Å². The van der Waals surface area contributed by atoms with E-state index in [0.29, 0.717) is 16.6 Å². The Labute approximate surface area is 195 Å². The first kappa shape index (κ1) is 20.5. The van der Waals surface area contributed by atoms with E-state index in [1.807, 2.05) is 48.5 Å². The minimum atomic E-state index is 0.610. The topological polar surface area (TPSA) is 47.0 Å². The van der Waals surface area contributed by atoms with Crippen LogP contribution in [0.3, 0.4) is 0 Å². The molecule has 1 N–H and O–H groups in total. The fourth-order valence-electron chi connectivity index (χ4n) is 3.53. The van der Waals surface area contributed by atoms with Crippen LogP contribution in [0.15, 0.2) is 84.5 Å². The highest BCUT2D eigenvalue weighted by molar-refractivity contribution is 7.17. The highest BCUT2D eigenvalue weighted by Gasteiger charge is 2.15. The molecule has 0 bridgehead atoms. The van der Waals surface area contributed by atoms with Crippen molar-refractivity contribution in [2.24, 2.45) is 0 Å². The van der Waals surface area contributed by atoms with E-state index in [0.717, 1.165) is 39.2 Å². The van der Waals surface area contributed by atoms with Gasteiger partial charge in [-0.1, -0.05) is 61.0 Å². The van der Waals surface area contributed by atoms with Crippen LogP contribution in [-0.2, 0) is 6.42 Å². The van der Waals surface area contributed by atoms with Crippen LogP contribution < -0.4 is 10.1 Å². The summed E-state index contributed by atoms with van der Waals surface area (Å²) in [5.74, 6) is 2.13. The first-order valence-electron chi connectivity index (χ1n) is 10.3. The van der Waals surface area contributed by atoms with Gasteiger partial charge in [0.05, 0.1) is 11.1 Å². The van der Waals surface area contributed by atoms with E-state index < -0.39 is 0 Å². The maximum Gasteiger partial charge on any atom is 0.151 e. The average Bonchev–Trinajstić information content (AvgIpc) is 3.27. The Bertz CT molecular complexity index is 1370. The van der Waals surface area contributed by atoms with Crippen molar-refractivity contribution in [1.29, 1.82) is 0 Å². The van der Waals surface area contributed by atoms with E-state index in [9.17, 15) is 0 Å². The van der Waals surface area contributed by atoms with Gasteiger partial charge in [-0.3, -0.25) is 0 Å². The van der Waals surface area contributed by atoms with E-state index in [-0.39, 0.29) is 0 Å². The van der Waals surface area contributed by atoms with E-state index in [1.54, 1.807) is 17.7 Å². The van der Waals surface area contributed by atoms with Crippen LogP contribution in [-0.4, -0.2) is 9.97 Å².